The van der Waals surface area contributed by atoms with Crippen molar-refractivity contribution in [3.05, 3.63) is 59.7 Å². The van der Waals surface area contributed by atoms with Gasteiger partial charge in [0.05, 0.1) is 29.2 Å². The average molecular weight is 532 g/mol. The SMILES string of the molecule is O=C1Nc2nc(-c3cn4ccnc4c(CCC(F)(F)C(F)(F)F)n3)nc3c2C1(c1ccc(F)cn1)C1CN31. The zero-order valence-electron chi connectivity index (χ0n) is 19.0. The molecule has 1 saturated heterocycles. The van der Waals surface area contributed by atoms with E-state index in [0.29, 0.717) is 23.6 Å². The van der Waals surface area contributed by atoms with Gasteiger partial charge in [0.15, 0.2) is 11.5 Å². The van der Waals surface area contributed by atoms with E-state index in [0.717, 1.165) is 6.20 Å². The Labute approximate surface area is 208 Å². The van der Waals surface area contributed by atoms with Gasteiger partial charge in [-0.05, 0) is 18.6 Å². The van der Waals surface area contributed by atoms with Crippen LogP contribution in [-0.2, 0) is 16.6 Å². The Balaban J connectivity index is 1.32. The zero-order chi connectivity index (χ0) is 26.6. The molecule has 2 unspecified atom stereocenters. The van der Waals surface area contributed by atoms with Gasteiger partial charge in [-0.1, -0.05) is 0 Å². The third kappa shape index (κ3) is 2.95. The largest absolute Gasteiger partial charge is 0.453 e. The molecule has 3 aliphatic heterocycles. The minimum absolute atomic E-state index is 0.0360. The minimum Gasteiger partial charge on any atom is -0.347 e. The Kier molecular flexibility index (Phi) is 4.31. The second kappa shape index (κ2) is 7.17. The van der Waals surface area contributed by atoms with E-state index in [1.807, 2.05) is 4.90 Å². The van der Waals surface area contributed by atoms with E-state index >= 15 is 0 Å². The summed E-state index contributed by atoms with van der Waals surface area (Å²) < 4.78 is 80.4. The molecule has 3 aliphatic rings. The Hall–Kier alpha value is -4.30. The average Bonchev–Trinajstić information content (AvgIpc) is 3.26. The van der Waals surface area contributed by atoms with Gasteiger partial charge in [-0.25, -0.2) is 24.3 Å². The highest BCUT2D eigenvalue weighted by atomic mass is 19.4. The van der Waals surface area contributed by atoms with Crippen molar-refractivity contribution in [3.8, 4) is 11.5 Å². The van der Waals surface area contributed by atoms with Crippen molar-refractivity contribution in [2.75, 3.05) is 16.8 Å². The van der Waals surface area contributed by atoms with E-state index in [9.17, 15) is 31.1 Å². The molecule has 1 N–H and O–H groups in total. The molecular weight excluding hydrogens is 518 g/mol. The second-order valence-electron chi connectivity index (χ2n) is 9.32. The number of alkyl halides is 5. The number of carbonyl (C=O) groups is 1. The summed E-state index contributed by atoms with van der Waals surface area (Å²) in [7, 11) is 0. The number of imidazole rings is 1. The van der Waals surface area contributed by atoms with Crippen LogP contribution in [-0.4, -0.2) is 59.9 Å². The van der Waals surface area contributed by atoms with Crippen molar-refractivity contribution >= 4 is 23.2 Å². The van der Waals surface area contributed by atoms with Gasteiger partial charge < -0.3 is 14.6 Å². The molecule has 4 aromatic rings. The fourth-order valence-electron chi connectivity index (χ4n) is 5.32. The maximum Gasteiger partial charge on any atom is 0.453 e. The first-order chi connectivity index (χ1) is 18.0. The van der Waals surface area contributed by atoms with Gasteiger partial charge in [-0.2, -0.15) is 22.0 Å². The number of halogens is 6. The van der Waals surface area contributed by atoms with Crippen molar-refractivity contribution in [1.29, 1.82) is 0 Å². The molecule has 0 aliphatic carbocycles. The molecule has 0 aromatic carbocycles. The number of anilines is 2. The highest BCUT2D eigenvalue weighted by molar-refractivity contribution is 6.13. The summed E-state index contributed by atoms with van der Waals surface area (Å²) in [6.45, 7) is 0.487. The number of nitrogens with zero attached hydrogens (tertiary/aromatic N) is 7. The first kappa shape index (κ1) is 22.9. The predicted octanol–water partition coefficient (Wildman–Crippen LogP) is 3.29. The maximum absolute atomic E-state index is 13.6. The third-order valence-electron chi connectivity index (χ3n) is 7.15. The second-order valence-corrected chi connectivity index (χ2v) is 9.32. The summed E-state index contributed by atoms with van der Waals surface area (Å²) in [5.41, 5.74) is -0.239. The fraction of sp³-hybridized carbons (Fsp3) is 0.304. The first-order valence-corrected chi connectivity index (χ1v) is 11.4. The van der Waals surface area contributed by atoms with E-state index in [-0.39, 0.29) is 34.7 Å². The summed E-state index contributed by atoms with van der Waals surface area (Å²) >= 11 is 0. The van der Waals surface area contributed by atoms with Gasteiger partial charge >= 0.3 is 12.1 Å². The van der Waals surface area contributed by atoms with Crippen LogP contribution in [0.5, 0.6) is 0 Å². The predicted molar refractivity (Wildman–Crippen MR) is 118 cm³/mol. The maximum atomic E-state index is 13.6. The van der Waals surface area contributed by atoms with Crippen molar-refractivity contribution in [2.24, 2.45) is 0 Å². The molecule has 2 atom stereocenters. The number of rotatable bonds is 5. The summed E-state index contributed by atoms with van der Waals surface area (Å²) in [5.74, 6) is -5.17. The van der Waals surface area contributed by atoms with Crippen molar-refractivity contribution in [2.45, 2.75) is 36.4 Å². The number of hydrogen-bond acceptors (Lipinski definition) is 7. The zero-order valence-corrected chi connectivity index (χ0v) is 19.0. The molecule has 1 amide bonds. The topological polar surface area (TPSA) is 101 Å². The lowest BCUT2D eigenvalue weighted by Gasteiger charge is -2.22. The lowest BCUT2D eigenvalue weighted by Crippen LogP contribution is -2.41. The van der Waals surface area contributed by atoms with Gasteiger partial charge in [0.2, 0.25) is 5.91 Å². The molecule has 9 nitrogen and oxygen atoms in total. The molecule has 7 heterocycles. The van der Waals surface area contributed by atoms with Gasteiger partial charge in [0.1, 0.15) is 28.6 Å². The fourth-order valence-corrected chi connectivity index (χ4v) is 5.32. The van der Waals surface area contributed by atoms with E-state index in [1.165, 1.54) is 35.1 Å². The minimum atomic E-state index is -5.69. The molecule has 7 rings (SSSR count). The number of fused-ring (bicyclic) bond motifs is 4. The van der Waals surface area contributed by atoms with Crippen LogP contribution in [0.1, 0.15) is 23.4 Å². The number of carbonyl (C=O) groups excluding carboxylic acids is 1. The smallest absolute Gasteiger partial charge is 0.347 e. The van der Waals surface area contributed by atoms with E-state index in [2.05, 4.69) is 30.2 Å². The molecule has 1 fully saturated rings. The summed E-state index contributed by atoms with van der Waals surface area (Å²) in [6.07, 6.45) is -2.55. The standard InChI is InChI=1S/C23H14F6N8O/c24-10-1-2-13(31-7-10)22-14-9-37(14)19-15(22)17(35-20(22)38)33-16(34-19)12-8-36-6-5-30-18(36)11(32-12)3-4-21(25,26)23(27,28)29/h1-2,5-8,14H,3-4,9H2,(H,33,34,35,38). The molecule has 0 spiro atoms. The highest BCUT2D eigenvalue weighted by Crippen LogP contribution is 2.60. The molecular formula is C23H14F6N8O. The van der Waals surface area contributed by atoms with Crippen molar-refractivity contribution in [1.82, 2.24) is 29.3 Å². The highest BCUT2D eigenvalue weighted by Gasteiger charge is 2.70. The van der Waals surface area contributed by atoms with E-state index in [1.54, 1.807) is 0 Å². The van der Waals surface area contributed by atoms with E-state index in [4.69, 9.17) is 0 Å². The molecule has 4 aromatic heterocycles. The Morgan fingerprint density at radius 2 is 1.92 bits per heavy atom. The number of aryl methyl sites for hydroxylation is 1. The number of aromatic nitrogens is 6. The lowest BCUT2D eigenvalue weighted by molar-refractivity contribution is -0.284. The van der Waals surface area contributed by atoms with Gasteiger partial charge in [0.25, 0.3) is 0 Å². The van der Waals surface area contributed by atoms with E-state index < -0.39 is 42.1 Å². The van der Waals surface area contributed by atoms with Gasteiger partial charge in [0, 0.05) is 31.6 Å². The Bertz CT molecular complexity index is 1650. The van der Waals surface area contributed by atoms with Crippen molar-refractivity contribution < 1.29 is 31.1 Å². The van der Waals surface area contributed by atoms with Crippen LogP contribution < -0.4 is 10.2 Å². The van der Waals surface area contributed by atoms with Gasteiger partial charge in [-0.15, -0.1) is 0 Å². The van der Waals surface area contributed by atoms with Crippen LogP contribution in [0, 0.1) is 5.82 Å². The monoisotopic (exact) mass is 532 g/mol. The molecule has 194 valence electrons. The normalized spacial score (nSPS) is 21.6. The number of pyridine rings is 1. The number of hydrogen-bond donors (Lipinski definition) is 1. The van der Waals surface area contributed by atoms with Crippen LogP contribution in [0.15, 0.2) is 36.9 Å². The molecule has 0 bridgehead atoms. The van der Waals surface area contributed by atoms with Crippen LogP contribution in [0.4, 0.5) is 38.0 Å². The molecule has 15 heteroatoms. The van der Waals surface area contributed by atoms with Crippen LogP contribution in [0.25, 0.3) is 17.2 Å². The Morgan fingerprint density at radius 1 is 1.11 bits per heavy atom. The Morgan fingerprint density at radius 3 is 2.66 bits per heavy atom. The summed E-state index contributed by atoms with van der Waals surface area (Å²) in [5, 5.41) is 2.75. The van der Waals surface area contributed by atoms with Crippen LogP contribution >= 0.6 is 0 Å². The quantitative estimate of drug-likeness (QED) is 0.311. The lowest BCUT2D eigenvalue weighted by atomic mass is 9.77. The molecule has 38 heavy (non-hydrogen) atoms. The van der Waals surface area contributed by atoms with Crippen LogP contribution in [0.2, 0.25) is 0 Å². The van der Waals surface area contributed by atoms with Crippen LogP contribution in [0.3, 0.4) is 0 Å². The molecule has 0 radical (unpaired) electrons. The molecule has 0 saturated carbocycles. The summed E-state index contributed by atoms with van der Waals surface area (Å²) in [6, 6.07) is 2.36. The number of amides is 1. The van der Waals surface area contributed by atoms with Gasteiger partial charge in [-0.3, -0.25) is 9.78 Å². The number of nitrogens with one attached hydrogen (secondary N) is 1. The first-order valence-electron chi connectivity index (χ1n) is 11.4. The third-order valence-corrected chi connectivity index (χ3v) is 7.15. The summed E-state index contributed by atoms with van der Waals surface area (Å²) in [4.78, 5) is 36.7. The van der Waals surface area contributed by atoms with Crippen molar-refractivity contribution in [3.63, 3.8) is 0 Å².